The third-order valence-electron chi connectivity index (χ3n) is 4.24. The summed E-state index contributed by atoms with van der Waals surface area (Å²) in [7, 11) is 1.91. The molecule has 0 saturated carbocycles. The molecular weight excluding hydrogens is 364 g/mol. The molecule has 146 valence electrons. The van der Waals surface area contributed by atoms with E-state index in [-0.39, 0.29) is 12.5 Å². The van der Waals surface area contributed by atoms with Crippen molar-refractivity contribution in [1.29, 1.82) is 0 Å². The van der Waals surface area contributed by atoms with Gasteiger partial charge in [-0.1, -0.05) is 0 Å². The summed E-state index contributed by atoms with van der Waals surface area (Å²) in [4.78, 5) is 20.0. The Morgan fingerprint density at radius 2 is 1.52 bits per heavy atom. The maximum absolute atomic E-state index is 12.6. The molecular formula is C19H26N4O3S. The average Bonchev–Trinajstić information content (AvgIpc) is 2.64. The highest BCUT2D eigenvalue weighted by atomic mass is 32.2. The monoisotopic (exact) mass is 390 g/mol. The molecule has 1 amide bonds. The minimum atomic E-state index is -3.58. The van der Waals surface area contributed by atoms with Gasteiger partial charge in [-0.3, -0.25) is 14.1 Å². The second-order valence-electron chi connectivity index (χ2n) is 6.60. The quantitative estimate of drug-likeness (QED) is 0.685. The molecule has 1 heterocycles. The Labute approximate surface area is 161 Å². The average molecular weight is 391 g/mol. The van der Waals surface area contributed by atoms with Crippen molar-refractivity contribution in [2.45, 2.75) is 6.42 Å². The third kappa shape index (κ3) is 5.96. The fourth-order valence-electron chi connectivity index (χ4n) is 2.53. The lowest BCUT2D eigenvalue weighted by molar-refractivity contribution is -0.128. The zero-order valence-corrected chi connectivity index (χ0v) is 17.0. The van der Waals surface area contributed by atoms with Crippen molar-refractivity contribution in [3.05, 3.63) is 54.4 Å². The van der Waals surface area contributed by atoms with Crippen molar-refractivity contribution in [2.24, 2.45) is 0 Å². The summed E-state index contributed by atoms with van der Waals surface area (Å²) in [5.41, 5.74) is 2.50. The van der Waals surface area contributed by atoms with Crippen LogP contribution >= 0.6 is 0 Å². The fourth-order valence-corrected chi connectivity index (χ4v) is 3.38. The predicted molar refractivity (Wildman–Crippen MR) is 109 cm³/mol. The number of rotatable bonds is 8. The number of sulfonamides is 1. The molecule has 2 aromatic rings. The number of benzene rings is 1. The van der Waals surface area contributed by atoms with E-state index in [9.17, 15) is 13.2 Å². The van der Waals surface area contributed by atoms with Crippen LogP contribution in [0.15, 0.2) is 48.8 Å². The number of carbonyl (C=O) groups excluding carboxylic acids is 1. The van der Waals surface area contributed by atoms with Gasteiger partial charge in [-0.2, -0.15) is 0 Å². The number of nitrogens with zero attached hydrogens (tertiary/aromatic N) is 4. The first-order valence-electron chi connectivity index (χ1n) is 8.56. The first kappa shape index (κ1) is 20.7. The molecule has 2 rings (SSSR count). The molecule has 0 N–H and O–H groups in total. The number of aromatic nitrogens is 1. The Morgan fingerprint density at radius 1 is 0.963 bits per heavy atom. The van der Waals surface area contributed by atoms with Gasteiger partial charge in [-0.05, 0) is 48.4 Å². The van der Waals surface area contributed by atoms with Crippen molar-refractivity contribution < 1.29 is 13.2 Å². The number of pyridine rings is 1. The van der Waals surface area contributed by atoms with Crippen LogP contribution in [0.3, 0.4) is 0 Å². The van der Waals surface area contributed by atoms with Crippen molar-refractivity contribution in [2.75, 3.05) is 49.7 Å². The van der Waals surface area contributed by atoms with Crippen LogP contribution in [0.25, 0.3) is 0 Å². The lowest BCUT2D eigenvalue weighted by atomic mass is 10.2. The van der Waals surface area contributed by atoms with Gasteiger partial charge < -0.3 is 9.80 Å². The van der Waals surface area contributed by atoms with Gasteiger partial charge >= 0.3 is 0 Å². The summed E-state index contributed by atoms with van der Waals surface area (Å²) in [6, 6.07) is 10.9. The molecule has 0 aliphatic rings. The first-order valence-corrected chi connectivity index (χ1v) is 10.4. The maximum Gasteiger partial charge on any atom is 0.243 e. The summed E-state index contributed by atoms with van der Waals surface area (Å²) in [5.74, 6) is -0.258. The van der Waals surface area contributed by atoms with Crippen LogP contribution in [0.5, 0.6) is 0 Å². The summed E-state index contributed by atoms with van der Waals surface area (Å²) in [6.07, 6.45) is 5.21. The molecule has 0 unspecified atom stereocenters. The summed E-state index contributed by atoms with van der Waals surface area (Å²) in [6.45, 7) is 0.271. The summed E-state index contributed by atoms with van der Waals surface area (Å²) < 4.78 is 25.6. The molecule has 27 heavy (non-hydrogen) atoms. The molecule has 0 saturated heterocycles. The first-order chi connectivity index (χ1) is 12.7. The molecule has 0 radical (unpaired) electrons. The van der Waals surface area contributed by atoms with Crippen LogP contribution in [0.1, 0.15) is 5.56 Å². The molecule has 1 aromatic heterocycles. The van der Waals surface area contributed by atoms with Gasteiger partial charge in [0.2, 0.25) is 15.9 Å². The Kier molecular flexibility index (Phi) is 6.79. The highest BCUT2D eigenvalue weighted by Crippen LogP contribution is 2.21. The Morgan fingerprint density at radius 3 is 2.04 bits per heavy atom. The minimum Gasteiger partial charge on any atom is -0.378 e. The number of amides is 1. The van der Waals surface area contributed by atoms with E-state index in [1.54, 1.807) is 36.5 Å². The van der Waals surface area contributed by atoms with Gasteiger partial charge in [0.15, 0.2) is 0 Å². The van der Waals surface area contributed by atoms with Crippen molar-refractivity contribution in [3.8, 4) is 0 Å². The smallest absolute Gasteiger partial charge is 0.243 e. The second-order valence-corrected chi connectivity index (χ2v) is 8.51. The minimum absolute atomic E-state index is 0.229. The molecule has 1 aromatic carbocycles. The lowest BCUT2D eigenvalue weighted by Crippen LogP contribution is -2.41. The molecule has 0 aliphatic carbocycles. The van der Waals surface area contributed by atoms with E-state index in [2.05, 4.69) is 4.98 Å². The molecule has 0 spiro atoms. The van der Waals surface area contributed by atoms with Gasteiger partial charge in [-0.25, -0.2) is 8.42 Å². The number of carbonyl (C=O) groups is 1. The van der Waals surface area contributed by atoms with Gasteiger partial charge in [0, 0.05) is 45.8 Å². The molecule has 7 nitrogen and oxygen atoms in total. The van der Waals surface area contributed by atoms with E-state index in [1.165, 1.54) is 0 Å². The van der Waals surface area contributed by atoms with Gasteiger partial charge in [0.05, 0.1) is 11.9 Å². The highest BCUT2D eigenvalue weighted by molar-refractivity contribution is 7.92. The molecule has 0 atom stereocenters. The Balaban J connectivity index is 2.07. The van der Waals surface area contributed by atoms with Crippen LogP contribution in [-0.4, -0.2) is 64.7 Å². The van der Waals surface area contributed by atoms with Crippen LogP contribution in [0.2, 0.25) is 0 Å². The molecule has 0 aliphatic heterocycles. The maximum atomic E-state index is 12.6. The molecule has 0 fully saturated rings. The van der Waals surface area contributed by atoms with Crippen LogP contribution in [0, 0.1) is 0 Å². The van der Waals surface area contributed by atoms with Gasteiger partial charge in [0.25, 0.3) is 0 Å². The van der Waals surface area contributed by atoms with E-state index in [1.807, 2.05) is 43.3 Å². The molecule has 8 heteroatoms. The Bertz CT molecular complexity index is 852. The number of likely N-dealkylation sites (N-methyl/N-ethyl adjacent to an activating group) is 1. The zero-order valence-electron chi connectivity index (χ0n) is 16.2. The van der Waals surface area contributed by atoms with E-state index in [4.69, 9.17) is 0 Å². The van der Waals surface area contributed by atoms with Crippen LogP contribution < -0.4 is 9.21 Å². The third-order valence-corrected chi connectivity index (χ3v) is 5.38. The number of hydrogen-bond donors (Lipinski definition) is 0. The summed E-state index contributed by atoms with van der Waals surface area (Å²) in [5, 5.41) is 0. The normalized spacial score (nSPS) is 11.1. The standard InChI is InChI=1S/C19H26N4O3S/c1-21(2)17-5-7-18(8-6-17)23(27(4,25)26)15-19(24)22(3)14-11-16-9-12-20-13-10-16/h5-10,12-13H,11,14-15H2,1-4H3. The van der Waals surface area contributed by atoms with E-state index >= 15 is 0 Å². The number of anilines is 2. The van der Waals surface area contributed by atoms with Gasteiger partial charge in [0.1, 0.15) is 6.54 Å². The van der Waals surface area contributed by atoms with Crippen molar-refractivity contribution in [3.63, 3.8) is 0 Å². The predicted octanol–water partition coefficient (Wildman–Crippen LogP) is 1.61. The number of hydrogen-bond acceptors (Lipinski definition) is 5. The SMILES string of the molecule is CN(CCc1ccncc1)C(=O)CN(c1ccc(N(C)C)cc1)S(C)(=O)=O. The van der Waals surface area contributed by atoms with E-state index in [0.717, 1.165) is 21.8 Å². The van der Waals surface area contributed by atoms with E-state index < -0.39 is 10.0 Å². The van der Waals surface area contributed by atoms with E-state index in [0.29, 0.717) is 18.7 Å². The van der Waals surface area contributed by atoms with Crippen molar-refractivity contribution in [1.82, 2.24) is 9.88 Å². The summed E-state index contributed by atoms with van der Waals surface area (Å²) >= 11 is 0. The Hall–Kier alpha value is -2.61. The highest BCUT2D eigenvalue weighted by Gasteiger charge is 2.22. The molecule has 0 bridgehead atoms. The lowest BCUT2D eigenvalue weighted by Gasteiger charge is -2.25. The van der Waals surface area contributed by atoms with Crippen molar-refractivity contribution >= 4 is 27.3 Å². The fraction of sp³-hybridized carbons (Fsp3) is 0.368. The second kappa shape index (κ2) is 8.85. The topological polar surface area (TPSA) is 73.8 Å². The van der Waals surface area contributed by atoms with Crippen LogP contribution in [0.4, 0.5) is 11.4 Å². The van der Waals surface area contributed by atoms with Gasteiger partial charge in [-0.15, -0.1) is 0 Å². The van der Waals surface area contributed by atoms with Crippen LogP contribution in [-0.2, 0) is 21.2 Å². The zero-order chi connectivity index (χ0) is 20.0. The largest absolute Gasteiger partial charge is 0.378 e.